The number of fused-ring (bicyclic) bond motifs is 5. The molecule has 62 heavy (non-hydrogen) atoms. The summed E-state index contributed by atoms with van der Waals surface area (Å²) in [6, 6.07) is 79.3. The Bertz CT molecular complexity index is 3040. The second-order valence-electron chi connectivity index (χ2n) is 16.6. The molecule has 10 aromatic rings. The molecule has 9 aromatic carbocycles. The molecule has 0 bridgehead atoms. The first-order chi connectivity index (χ1) is 30.4. The summed E-state index contributed by atoms with van der Waals surface area (Å²) < 4.78 is 2.39. The summed E-state index contributed by atoms with van der Waals surface area (Å²) in [5.41, 5.74) is 15.5. The maximum atomic E-state index is 13.6. The van der Waals surface area contributed by atoms with E-state index in [-0.39, 0.29) is 11.2 Å². The number of para-hydroxylation sites is 4. The van der Waals surface area contributed by atoms with Crippen molar-refractivity contribution in [3.8, 4) is 16.8 Å². The fourth-order valence-corrected chi connectivity index (χ4v) is 9.52. The lowest BCUT2D eigenvalue weighted by molar-refractivity contribution is 0.103. The predicted molar refractivity (Wildman–Crippen MR) is 258 cm³/mol. The van der Waals surface area contributed by atoms with Crippen molar-refractivity contribution in [1.29, 1.82) is 0 Å². The molecule has 0 aliphatic heterocycles. The molecule has 1 aliphatic carbocycles. The average Bonchev–Trinajstić information content (AvgIpc) is 3.65. The Hall–Kier alpha value is -7.95. The van der Waals surface area contributed by atoms with Crippen LogP contribution >= 0.6 is 0 Å². The topological polar surface area (TPSA) is 28.5 Å². The van der Waals surface area contributed by atoms with Crippen molar-refractivity contribution in [2.24, 2.45) is 0 Å². The molecule has 1 aromatic heterocycles. The van der Waals surface area contributed by atoms with E-state index in [1.807, 2.05) is 24.3 Å². The molecular weight excluding hydrogens is 755 g/mol. The van der Waals surface area contributed by atoms with Crippen molar-refractivity contribution in [3.05, 3.63) is 247 Å². The first-order valence-electron chi connectivity index (χ1n) is 21.2. The van der Waals surface area contributed by atoms with Gasteiger partial charge in [-0.25, -0.2) is 0 Å². The first-order valence-corrected chi connectivity index (χ1v) is 21.2. The number of benzene rings is 9. The third kappa shape index (κ3) is 6.19. The van der Waals surface area contributed by atoms with Gasteiger partial charge in [0.2, 0.25) is 0 Å². The molecule has 0 saturated heterocycles. The molecule has 0 fully saturated rings. The molecule has 0 N–H and O–H groups in total. The average molecular weight is 798 g/mol. The second kappa shape index (κ2) is 14.9. The van der Waals surface area contributed by atoms with Crippen LogP contribution in [0.3, 0.4) is 0 Å². The van der Waals surface area contributed by atoms with Crippen molar-refractivity contribution in [2.75, 3.05) is 9.80 Å². The van der Waals surface area contributed by atoms with E-state index < -0.39 is 0 Å². The van der Waals surface area contributed by atoms with E-state index in [1.165, 1.54) is 0 Å². The van der Waals surface area contributed by atoms with E-state index in [0.29, 0.717) is 0 Å². The van der Waals surface area contributed by atoms with Gasteiger partial charge in [-0.3, -0.25) is 4.79 Å². The van der Waals surface area contributed by atoms with Crippen LogP contribution in [0.5, 0.6) is 0 Å². The maximum Gasteiger partial charge on any atom is 0.193 e. The molecule has 0 amide bonds. The SMILES string of the molecule is CC1(C)c2ccccc2C(=O)c2ccc(-c3ccc(-n4c5ccc(N(c6ccccc6)c6ccccc6)cc5c5cc(N(c6ccccc6)c6ccccc6)ccc54)cc3)cc21. The van der Waals surface area contributed by atoms with Crippen molar-refractivity contribution < 1.29 is 4.79 Å². The Morgan fingerprint density at radius 3 is 1.27 bits per heavy atom. The fourth-order valence-electron chi connectivity index (χ4n) is 9.52. The molecule has 11 rings (SSSR count). The molecule has 4 nitrogen and oxygen atoms in total. The molecule has 4 heteroatoms. The van der Waals surface area contributed by atoms with Gasteiger partial charge in [-0.2, -0.15) is 0 Å². The number of rotatable bonds is 8. The molecule has 0 radical (unpaired) electrons. The smallest absolute Gasteiger partial charge is 0.193 e. The van der Waals surface area contributed by atoms with E-state index >= 15 is 0 Å². The molecule has 0 unspecified atom stereocenters. The van der Waals surface area contributed by atoms with Gasteiger partial charge in [0.1, 0.15) is 0 Å². The van der Waals surface area contributed by atoms with Gasteiger partial charge in [-0.15, -0.1) is 0 Å². The Balaban J connectivity index is 1.07. The number of hydrogen-bond donors (Lipinski definition) is 0. The molecule has 1 heterocycles. The minimum atomic E-state index is -0.302. The van der Waals surface area contributed by atoms with Gasteiger partial charge in [-0.05, 0) is 125 Å². The number of carbonyl (C=O) groups excluding carboxylic acids is 1. The summed E-state index contributed by atoms with van der Waals surface area (Å²) >= 11 is 0. The summed E-state index contributed by atoms with van der Waals surface area (Å²) in [4.78, 5) is 18.3. The lowest BCUT2D eigenvalue weighted by Gasteiger charge is -2.34. The largest absolute Gasteiger partial charge is 0.310 e. The van der Waals surface area contributed by atoms with Gasteiger partial charge in [0, 0.05) is 67.1 Å². The van der Waals surface area contributed by atoms with Gasteiger partial charge in [-0.1, -0.05) is 135 Å². The van der Waals surface area contributed by atoms with E-state index in [0.717, 1.165) is 95.0 Å². The highest BCUT2D eigenvalue weighted by atomic mass is 16.1. The van der Waals surface area contributed by atoms with E-state index in [9.17, 15) is 4.79 Å². The number of aromatic nitrogens is 1. The standard InChI is InChI=1S/C58H43N3O/c1-58(2)53-26-16-15-25-49(53)57(62)50-34-29-41(37-54(50)58)40-27-30-46(31-28-40)61-55-35-32-47(59(42-17-7-3-8-18-42)43-19-9-4-10-20-43)38-51(55)52-39-48(33-36-56(52)61)60(44-21-11-5-12-22-44)45-23-13-6-14-24-45/h3-39H,1-2H3. The Labute approximate surface area is 362 Å². The van der Waals surface area contributed by atoms with Gasteiger partial charge in [0.05, 0.1) is 11.0 Å². The van der Waals surface area contributed by atoms with Crippen LogP contribution in [0, 0.1) is 0 Å². The zero-order valence-electron chi connectivity index (χ0n) is 34.6. The second-order valence-corrected chi connectivity index (χ2v) is 16.6. The van der Waals surface area contributed by atoms with Gasteiger partial charge >= 0.3 is 0 Å². The predicted octanol–water partition coefficient (Wildman–Crippen LogP) is 15.3. The molecule has 296 valence electrons. The third-order valence-corrected chi connectivity index (χ3v) is 12.5. The number of nitrogens with zero attached hydrogens (tertiary/aromatic N) is 3. The van der Waals surface area contributed by atoms with Crippen LogP contribution in [0.15, 0.2) is 224 Å². The fraction of sp³-hybridized carbons (Fsp3) is 0.0517. The molecular formula is C58H43N3O. The first kappa shape index (κ1) is 37.1. The summed E-state index contributed by atoms with van der Waals surface area (Å²) in [5, 5.41) is 2.31. The van der Waals surface area contributed by atoms with Crippen LogP contribution in [-0.2, 0) is 5.41 Å². The molecule has 0 saturated carbocycles. The Kier molecular flexibility index (Phi) is 8.94. The summed E-state index contributed by atoms with van der Waals surface area (Å²) in [5.74, 6) is 0.0980. The highest BCUT2D eigenvalue weighted by Crippen LogP contribution is 2.45. The summed E-state index contributed by atoms with van der Waals surface area (Å²) in [7, 11) is 0. The monoisotopic (exact) mass is 797 g/mol. The van der Waals surface area contributed by atoms with Crippen LogP contribution in [0.1, 0.15) is 40.9 Å². The van der Waals surface area contributed by atoms with E-state index in [1.54, 1.807) is 0 Å². The number of anilines is 6. The Morgan fingerprint density at radius 1 is 0.371 bits per heavy atom. The highest BCUT2D eigenvalue weighted by molar-refractivity contribution is 6.14. The third-order valence-electron chi connectivity index (χ3n) is 12.5. The summed E-state index contributed by atoms with van der Waals surface area (Å²) in [6.07, 6.45) is 0. The van der Waals surface area contributed by atoms with Crippen LogP contribution in [0.4, 0.5) is 34.1 Å². The minimum Gasteiger partial charge on any atom is -0.310 e. The Morgan fingerprint density at radius 2 is 0.790 bits per heavy atom. The highest BCUT2D eigenvalue weighted by Gasteiger charge is 2.36. The van der Waals surface area contributed by atoms with Crippen LogP contribution in [0.25, 0.3) is 38.6 Å². The lowest BCUT2D eigenvalue weighted by Crippen LogP contribution is -2.30. The van der Waals surface area contributed by atoms with Crippen molar-refractivity contribution in [1.82, 2.24) is 4.57 Å². The van der Waals surface area contributed by atoms with E-state index in [4.69, 9.17) is 0 Å². The zero-order valence-corrected chi connectivity index (χ0v) is 34.6. The van der Waals surface area contributed by atoms with Crippen LogP contribution < -0.4 is 9.80 Å². The number of ketones is 1. The quantitative estimate of drug-likeness (QED) is 0.153. The number of hydrogen-bond acceptors (Lipinski definition) is 3. The number of carbonyl (C=O) groups is 1. The lowest BCUT2D eigenvalue weighted by atomic mass is 9.68. The molecule has 0 spiro atoms. The minimum absolute atomic E-state index is 0.0980. The van der Waals surface area contributed by atoms with Gasteiger partial charge in [0.25, 0.3) is 0 Å². The molecule has 1 aliphatic rings. The van der Waals surface area contributed by atoms with E-state index in [2.05, 4.69) is 228 Å². The summed E-state index contributed by atoms with van der Waals surface area (Å²) in [6.45, 7) is 4.45. The van der Waals surface area contributed by atoms with Crippen LogP contribution in [0.2, 0.25) is 0 Å². The van der Waals surface area contributed by atoms with Gasteiger partial charge < -0.3 is 14.4 Å². The van der Waals surface area contributed by atoms with Crippen LogP contribution in [-0.4, -0.2) is 10.4 Å². The van der Waals surface area contributed by atoms with Crippen molar-refractivity contribution >= 4 is 61.7 Å². The maximum absolute atomic E-state index is 13.6. The molecule has 0 atom stereocenters. The normalized spacial score (nSPS) is 12.8. The van der Waals surface area contributed by atoms with Gasteiger partial charge in [0.15, 0.2) is 5.78 Å². The zero-order chi connectivity index (χ0) is 41.8. The van der Waals surface area contributed by atoms with Crippen molar-refractivity contribution in [2.45, 2.75) is 19.3 Å². The van der Waals surface area contributed by atoms with Crippen molar-refractivity contribution in [3.63, 3.8) is 0 Å².